The summed E-state index contributed by atoms with van der Waals surface area (Å²) in [5.74, 6) is 0.180. The number of hydrogen-bond donors (Lipinski definition) is 3. The van der Waals surface area contributed by atoms with Crippen LogP contribution in [-0.2, 0) is 10.4 Å². The summed E-state index contributed by atoms with van der Waals surface area (Å²) in [5, 5.41) is 25.7. The number of carbonyl (C=O) groups is 1. The Hall–Kier alpha value is -3.04. The molecule has 4 N–H and O–H groups in total. The second-order valence-corrected chi connectivity index (χ2v) is 6.94. The van der Waals surface area contributed by atoms with Gasteiger partial charge in [-0.25, -0.2) is 9.67 Å². The van der Waals surface area contributed by atoms with Crippen molar-refractivity contribution in [1.82, 2.24) is 24.6 Å². The van der Waals surface area contributed by atoms with E-state index in [0.29, 0.717) is 16.9 Å². The first-order valence-corrected chi connectivity index (χ1v) is 8.56. The van der Waals surface area contributed by atoms with E-state index in [1.54, 1.807) is 29.1 Å². The Balaban J connectivity index is 1.79. The predicted octanol–water partition coefficient (Wildman–Crippen LogP) is 0.117. The summed E-state index contributed by atoms with van der Waals surface area (Å²) in [6.45, 7) is 3.79. The molecule has 0 bridgehead atoms. The number of amides is 1. The molecule has 1 aromatic carbocycles. The van der Waals surface area contributed by atoms with Crippen LogP contribution in [0.1, 0.15) is 18.2 Å². The Morgan fingerprint density at radius 2 is 2.07 bits per heavy atom. The quantitative estimate of drug-likeness (QED) is 0.598. The topological polar surface area (TPSA) is 130 Å². The van der Waals surface area contributed by atoms with Gasteiger partial charge in [0, 0.05) is 30.7 Å². The predicted molar refractivity (Wildman–Crippen MR) is 98.0 cm³/mol. The van der Waals surface area contributed by atoms with Gasteiger partial charge in [-0.3, -0.25) is 4.79 Å². The minimum Gasteiger partial charge on any atom is -0.389 e. The molecule has 9 nitrogen and oxygen atoms in total. The molecule has 1 fully saturated rings. The number of rotatable bonds is 3. The smallest absolute Gasteiger partial charge is 0.259 e. The van der Waals surface area contributed by atoms with E-state index in [9.17, 15) is 15.0 Å². The van der Waals surface area contributed by atoms with E-state index in [1.165, 1.54) is 11.8 Å². The van der Waals surface area contributed by atoms with Crippen LogP contribution >= 0.6 is 0 Å². The summed E-state index contributed by atoms with van der Waals surface area (Å²) >= 11 is 0. The first-order chi connectivity index (χ1) is 12.8. The van der Waals surface area contributed by atoms with Crippen molar-refractivity contribution in [3.8, 4) is 5.82 Å². The highest BCUT2D eigenvalue weighted by molar-refractivity contribution is 5.90. The second kappa shape index (κ2) is 6.00. The standard InChI is InChI=1S/C18H20N6O3/c1-10-13-4-3-11(18(2,27)16(26)23-8-12(25)9-23)7-14(13)24(22-10)15-5-6-20-17(19)21-15/h3-7,12,25,27H,8-9H2,1-2H3,(H2,19,20,21). The molecule has 4 rings (SSSR count). The molecule has 1 aliphatic heterocycles. The third-order valence-corrected chi connectivity index (χ3v) is 4.87. The number of aliphatic hydroxyl groups excluding tert-OH is 1. The van der Waals surface area contributed by atoms with Gasteiger partial charge in [-0.05, 0) is 25.5 Å². The Kier molecular flexibility index (Phi) is 3.86. The average Bonchev–Trinajstić information content (AvgIpc) is 2.95. The molecule has 0 radical (unpaired) electrons. The summed E-state index contributed by atoms with van der Waals surface area (Å²) in [6.07, 6.45) is 1.01. The molecule has 2 aromatic heterocycles. The van der Waals surface area contributed by atoms with Crippen molar-refractivity contribution in [2.45, 2.75) is 25.6 Å². The summed E-state index contributed by atoms with van der Waals surface area (Å²) in [6, 6.07) is 6.94. The van der Waals surface area contributed by atoms with Gasteiger partial charge in [0.15, 0.2) is 11.4 Å². The lowest BCUT2D eigenvalue weighted by atomic mass is 9.92. The summed E-state index contributed by atoms with van der Waals surface area (Å²) in [7, 11) is 0. The molecule has 140 valence electrons. The van der Waals surface area contributed by atoms with Crippen LogP contribution in [0.2, 0.25) is 0 Å². The van der Waals surface area contributed by atoms with Gasteiger partial charge in [-0.1, -0.05) is 12.1 Å². The maximum atomic E-state index is 12.6. The summed E-state index contributed by atoms with van der Waals surface area (Å²) < 4.78 is 1.61. The number of hydrogen-bond acceptors (Lipinski definition) is 7. The number of aliphatic hydroxyl groups is 2. The Morgan fingerprint density at radius 1 is 1.33 bits per heavy atom. The van der Waals surface area contributed by atoms with Crippen LogP contribution in [0.5, 0.6) is 0 Å². The first kappa shape index (κ1) is 17.4. The zero-order valence-corrected chi connectivity index (χ0v) is 15.0. The van der Waals surface area contributed by atoms with E-state index in [1.807, 2.05) is 13.0 Å². The third-order valence-electron chi connectivity index (χ3n) is 4.87. The third kappa shape index (κ3) is 2.81. The zero-order valence-electron chi connectivity index (χ0n) is 15.0. The fourth-order valence-corrected chi connectivity index (χ4v) is 3.28. The van der Waals surface area contributed by atoms with Gasteiger partial charge in [-0.15, -0.1) is 0 Å². The highest BCUT2D eigenvalue weighted by Gasteiger charge is 2.41. The van der Waals surface area contributed by atoms with Gasteiger partial charge < -0.3 is 20.8 Å². The first-order valence-electron chi connectivity index (χ1n) is 8.56. The maximum Gasteiger partial charge on any atom is 0.259 e. The van der Waals surface area contributed by atoms with Crippen LogP contribution in [-0.4, -0.2) is 60.0 Å². The lowest BCUT2D eigenvalue weighted by molar-refractivity contribution is -0.160. The number of nitrogens with two attached hydrogens (primary N) is 1. The van der Waals surface area contributed by atoms with E-state index in [-0.39, 0.29) is 19.0 Å². The minimum atomic E-state index is -1.72. The van der Waals surface area contributed by atoms with Crippen LogP contribution in [0.15, 0.2) is 30.5 Å². The monoisotopic (exact) mass is 368 g/mol. The number of anilines is 1. The number of benzene rings is 1. The van der Waals surface area contributed by atoms with Gasteiger partial charge >= 0.3 is 0 Å². The zero-order chi connectivity index (χ0) is 19.3. The maximum absolute atomic E-state index is 12.6. The minimum absolute atomic E-state index is 0.128. The molecule has 0 spiro atoms. The van der Waals surface area contributed by atoms with E-state index in [0.717, 1.165) is 11.1 Å². The lowest BCUT2D eigenvalue weighted by Gasteiger charge is -2.40. The van der Waals surface area contributed by atoms with Gasteiger partial charge in [0.25, 0.3) is 5.91 Å². The molecule has 1 saturated heterocycles. The molecular weight excluding hydrogens is 348 g/mol. The van der Waals surface area contributed by atoms with Gasteiger partial charge in [0.05, 0.1) is 17.3 Å². The largest absolute Gasteiger partial charge is 0.389 e. The fraction of sp³-hybridized carbons (Fsp3) is 0.333. The number of β-amino-alcohol motifs (C(OH)–C–C–N with tert-alkyl or cyclic N) is 1. The molecule has 1 amide bonds. The average molecular weight is 368 g/mol. The Labute approximate surface area is 155 Å². The molecular formula is C18H20N6O3. The van der Waals surface area contributed by atoms with Crippen molar-refractivity contribution < 1.29 is 15.0 Å². The SMILES string of the molecule is Cc1nn(-c2ccnc(N)n2)c2cc(C(C)(O)C(=O)N3CC(O)C3)ccc12. The molecule has 1 aliphatic rings. The van der Waals surface area contributed by atoms with Crippen LogP contribution in [0.4, 0.5) is 5.95 Å². The van der Waals surface area contributed by atoms with E-state index < -0.39 is 17.6 Å². The molecule has 27 heavy (non-hydrogen) atoms. The highest BCUT2D eigenvalue weighted by Crippen LogP contribution is 2.30. The highest BCUT2D eigenvalue weighted by atomic mass is 16.3. The number of aryl methyl sites for hydroxylation is 1. The van der Waals surface area contributed by atoms with Crippen molar-refractivity contribution >= 4 is 22.8 Å². The van der Waals surface area contributed by atoms with Crippen molar-refractivity contribution in [3.05, 3.63) is 41.7 Å². The molecule has 1 atom stereocenters. The van der Waals surface area contributed by atoms with E-state index in [4.69, 9.17) is 5.73 Å². The number of carbonyl (C=O) groups excluding carboxylic acids is 1. The number of nitrogens with zero attached hydrogens (tertiary/aromatic N) is 5. The van der Waals surface area contributed by atoms with Crippen LogP contribution in [0.25, 0.3) is 16.7 Å². The van der Waals surface area contributed by atoms with Crippen LogP contribution in [0, 0.1) is 6.92 Å². The number of nitrogen functional groups attached to an aromatic ring is 1. The molecule has 0 aliphatic carbocycles. The molecule has 1 unspecified atom stereocenters. The van der Waals surface area contributed by atoms with Crippen molar-refractivity contribution in [3.63, 3.8) is 0 Å². The second-order valence-electron chi connectivity index (χ2n) is 6.94. The summed E-state index contributed by atoms with van der Waals surface area (Å²) in [5.41, 5.74) is 5.87. The molecule has 3 heterocycles. The fourth-order valence-electron chi connectivity index (χ4n) is 3.28. The normalized spacial score (nSPS) is 17.0. The molecule has 0 saturated carbocycles. The van der Waals surface area contributed by atoms with Crippen molar-refractivity contribution in [1.29, 1.82) is 0 Å². The number of fused-ring (bicyclic) bond motifs is 1. The van der Waals surface area contributed by atoms with Crippen LogP contribution in [0.3, 0.4) is 0 Å². The van der Waals surface area contributed by atoms with E-state index >= 15 is 0 Å². The Morgan fingerprint density at radius 3 is 2.74 bits per heavy atom. The van der Waals surface area contributed by atoms with Crippen molar-refractivity contribution in [2.24, 2.45) is 0 Å². The van der Waals surface area contributed by atoms with Crippen molar-refractivity contribution in [2.75, 3.05) is 18.8 Å². The lowest BCUT2D eigenvalue weighted by Crippen LogP contribution is -2.58. The van der Waals surface area contributed by atoms with Gasteiger partial charge in [0.1, 0.15) is 0 Å². The number of aromatic nitrogens is 4. The molecule has 9 heteroatoms. The summed E-state index contributed by atoms with van der Waals surface area (Å²) in [4.78, 5) is 22.2. The molecule has 3 aromatic rings. The van der Waals surface area contributed by atoms with Gasteiger partial charge in [0.2, 0.25) is 5.95 Å². The Bertz CT molecular complexity index is 1040. The number of likely N-dealkylation sites (tertiary alicyclic amines) is 1. The van der Waals surface area contributed by atoms with E-state index in [2.05, 4.69) is 15.1 Å². The van der Waals surface area contributed by atoms with Gasteiger partial charge in [-0.2, -0.15) is 10.1 Å². The van der Waals surface area contributed by atoms with Crippen LogP contribution < -0.4 is 5.73 Å².